The molecule has 1 aliphatic rings. The van der Waals surface area contributed by atoms with Crippen LogP contribution in [0.15, 0.2) is 36.7 Å². The molecule has 4 rings (SSSR count). The molecule has 0 fully saturated rings. The third-order valence-corrected chi connectivity index (χ3v) is 5.27. The Morgan fingerprint density at radius 1 is 1.40 bits per heavy atom. The summed E-state index contributed by atoms with van der Waals surface area (Å²) >= 11 is 1.57. The Hall–Kier alpha value is -2.58. The lowest BCUT2D eigenvalue weighted by Gasteiger charge is -2.23. The maximum atomic E-state index is 12.6. The van der Waals surface area contributed by atoms with Crippen molar-refractivity contribution in [2.24, 2.45) is 0 Å². The van der Waals surface area contributed by atoms with E-state index in [9.17, 15) is 4.79 Å². The number of benzene rings is 1. The van der Waals surface area contributed by atoms with Gasteiger partial charge in [0.05, 0.1) is 23.8 Å². The normalized spacial score (nSPS) is 14.3. The fraction of sp³-hybridized carbons (Fsp3) is 0.294. The highest BCUT2D eigenvalue weighted by Gasteiger charge is 2.20. The quantitative estimate of drug-likeness (QED) is 0.778. The molecule has 3 heterocycles. The van der Waals surface area contributed by atoms with Crippen LogP contribution in [0.1, 0.15) is 27.9 Å². The lowest BCUT2D eigenvalue weighted by molar-refractivity contribution is 0.102. The van der Waals surface area contributed by atoms with Crippen molar-refractivity contribution < 1.29 is 4.79 Å². The van der Waals surface area contributed by atoms with Crippen molar-refractivity contribution in [2.75, 3.05) is 18.4 Å². The largest absolute Gasteiger partial charge is 0.298 e. The fourth-order valence-corrected chi connectivity index (χ4v) is 3.92. The molecule has 2 aromatic heterocycles. The smallest absolute Gasteiger partial charge is 0.257 e. The van der Waals surface area contributed by atoms with Crippen molar-refractivity contribution >= 4 is 22.4 Å². The van der Waals surface area contributed by atoms with E-state index >= 15 is 0 Å². The van der Waals surface area contributed by atoms with Gasteiger partial charge in [0, 0.05) is 30.0 Å². The second kappa shape index (κ2) is 6.73. The summed E-state index contributed by atoms with van der Waals surface area (Å²) in [5.41, 5.74) is 2.47. The van der Waals surface area contributed by atoms with Gasteiger partial charge in [0.1, 0.15) is 0 Å². The van der Waals surface area contributed by atoms with Crippen LogP contribution < -0.4 is 5.32 Å². The number of rotatable bonds is 4. The minimum Gasteiger partial charge on any atom is -0.298 e. The molecule has 0 spiro atoms. The molecule has 7 nitrogen and oxygen atoms in total. The van der Waals surface area contributed by atoms with Crippen molar-refractivity contribution in [1.82, 2.24) is 24.9 Å². The Labute approximate surface area is 149 Å². The van der Waals surface area contributed by atoms with Crippen LogP contribution in [0.2, 0.25) is 0 Å². The standard InChI is InChI=1S/C17H18N6OS/c1-2-22-8-6-14-15(11-22)25-17(19-14)20-16(24)12-4-3-5-13(10-12)23-9-7-18-21-23/h3-5,7,9-10H,2,6,8,11H2,1H3,(H,19,20,24). The van der Waals surface area contributed by atoms with Crippen LogP contribution >= 0.6 is 11.3 Å². The molecule has 0 saturated carbocycles. The van der Waals surface area contributed by atoms with Gasteiger partial charge < -0.3 is 0 Å². The SMILES string of the molecule is CCN1CCc2nc(NC(=O)c3cccc(-n4ccnn4)c3)sc2C1. The number of thiazole rings is 1. The average molecular weight is 354 g/mol. The molecule has 0 saturated heterocycles. The maximum absolute atomic E-state index is 12.6. The molecule has 8 heteroatoms. The molecule has 0 bridgehead atoms. The highest BCUT2D eigenvalue weighted by Crippen LogP contribution is 2.28. The number of fused-ring (bicyclic) bond motifs is 1. The second-order valence-corrected chi connectivity index (χ2v) is 6.94. The summed E-state index contributed by atoms with van der Waals surface area (Å²) in [4.78, 5) is 20.8. The third kappa shape index (κ3) is 3.31. The van der Waals surface area contributed by atoms with Crippen LogP contribution in [-0.2, 0) is 13.0 Å². The monoisotopic (exact) mass is 354 g/mol. The lowest BCUT2D eigenvalue weighted by Crippen LogP contribution is -2.29. The molecule has 1 aromatic carbocycles. The molecule has 1 N–H and O–H groups in total. The molecule has 3 aromatic rings. The van der Waals surface area contributed by atoms with Gasteiger partial charge in [0.25, 0.3) is 5.91 Å². The number of anilines is 1. The van der Waals surface area contributed by atoms with Gasteiger partial charge in [-0.2, -0.15) is 0 Å². The number of amides is 1. The molecule has 0 radical (unpaired) electrons. The van der Waals surface area contributed by atoms with Gasteiger partial charge in [-0.15, -0.1) is 16.4 Å². The van der Waals surface area contributed by atoms with Crippen LogP contribution in [0.3, 0.4) is 0 Å². The van der Waals surface area contributed by atoms with E-state index in [-0.39, 0.29) is 5.91 Å². The van der Waals surface area contributed by atoms with Crippen molar-refractivity contribution in [1.29, 1.82) is 0 Å². The summed E-state index contributed by atoms with van der Waals surface area (Å²) in [6.45, 7) is 5.15. The number of aromatic nitrogens is 4. The first-order chi connectivity index (χ1) is 12.2. The highest BCUT2D eigenvalue weighted by atomic mass is 32.1. The summed E-state index contributed by atoms with van der Waals surface area (Å²) in [5.74, 6) is -0.166. The fourth-order valence-electron chi connectivity index (χ4n) is 2.88. The van der Waals surface area contributed by atoms with Crippen molar-refractivity contribution in [2.45, 2.75) is 19.9 Å². The van der Waals surface area contributed by atoms with E-state index in [4.69, 9.17) is 0 Å². The van der Waals surface area contributed by atoms with E-state index in [1.54, 1.807) is 40.5 Å². The minimum absolute atomic E-state index is 0.166. The van der Waals surface area contributed by atoms with Gasteiger partial charge >= 0.3 is 0 Å². The Kier molecular flexibility index (Phi) is 4.29. The average Bonchev–Trinajstić information content (AvgIpc) is 3.30. The van der Waals surface area contributed by atoms with E-state index in [0.29, 0.717) is 10.7 Å². The third-order valence-electron chi connectivity index (χ3n) is 4.27. The number of nitrogens with one attached hydrogen (secondary N) is 1. The van der Waals surface area contributed by atoms with Crippen LogP contribution in [0.4, 0.5) is 5.13 Å². The molecule has 128 valence electrons. The minimum atomic E-state index is -0.166. The predicted octanol–water partition coefficient (Wildman–Crippen LogP) is 2.35. The number of hydrogen-bond acceptors (Lipinski definition) is 6. The molecule has 1 aliphatic heterocycles. The van der Waals surface area contributed by atoms with Crippen LogP contribution in [0.5, 0.6) is 0 Å². The molecule has 0 unspecified atom stereocenters. The first-order valence-corrected chi connectivity index (χ1v) is 9.03. The molecule has 25 heavy (non-hydrogen) atoms. The van der Waals surface area contributed by atoms with Gasteiger partial charge in [-0.05, 0) is 24.7 Å². The number of nitrogens with zero attached hydrogens (tertiary/aromatic N) is 5. The van der Waals surface area contributed by atoms with E-state index in [1.807, 2.05) is 12.1 Å². The maximum Gasteiger partial charge on any atom is 0.257 e. The predicted molar refractivity (Wildman–Crippen MR) is 96.1 cm³/mol. The zero-order chi connectivity index (χ0) is 17.2. The van der Waals surface area contributed by atoms with E-state index < -0.39 is 0 Å². The number of hydrogen-bond donors (Lipinski definition) is 1. The molecule has 0 aliphatic carbocycles. The summed E-state index contributed by atoms with van der Waals surface area (Å²) in [6.07, 6.45) is 4.29. The summed E-state index contributed by atoms with van der Waals surface area (Å²) < 4.78 is 1.62. The van der Waals surface area contributed by atoms with Crippen LogP contribution in [-0.4, -0.2) is 43.9 Å². The first kappa shape index (κ1) is 15.9. The Bertz CT molecular complexity index is 888. The van der Waals surface area contributed by atoms with Gasteiger partial charge in [0.15, 0.2) is 5.13 Å². The van der Waals surface area contributed by atoms with Gasteiger partial charge in [-0.3, -0.25) is 15.0 Å². The highest BCUT2D eigenvalue weighted by molar-refractivity contribution is 7.15. The summed E-state index contributed by atoms with van der Waals surface area (Å²) in [5, 5.41) is 11.3. The van der Waals surface area contributed by atoms with Crippen LogP contribution in [0, 0.1) is 0 Å². The van der Waals surface area contributed by atoms with E-state index in [0.717, 1.165) is 37.4 Å². The molecular weight excluding hydrogens is 336 g/mol. The summed E-state index contributed by atoms with van der Waals surface area (Å²) in [7, 11) is 0. The zero-order valence-electron chi connectivity index (χ0n) is 13.8. The van der Waals surface area contributed by atoms with Gasteiger partial charge in [0.2, 0.25) is 0 Å². The van der Waals surface area contributed by atoms with Gasteiger partial charge in [-0.25, -0.2) is 9.67 Å². The van der Waals surface area contributed by atoms with Crippen molar-refractivity contribution in [3.05, 3.63) is 52.8 Å². The first-order valence-electron chi connectivity index (χ1n) is 8.22. The van der Waals surface area contributed by atoms with E-state index in [1.165, 1.54) is 4.88 Å². The Balaban J connectivity index is 1.51. The van der Waals surface area contributed by atoms with E-state index in [2.05, 4.69) is 32.4 Å². The van der Waals surface area contributed by atoms with Gasteiger partial charge in [-0.1, -0.05) is 18.2 Å². The second-order valence-electron chi connectivity index (χ2n) is 5.86. The molecule has 1 amide bonds. The Morgan fingerprint density at radius 3 is 3.12 bits per heavy atom. The molecule has 0 atom stereocenters. The topological polar surface area (TPSA) is 75.9 Å². The Morgan fingerprint density at radius 2 is 2.32 bits per heavy atom. The number of carbonyl (C=O) groups excluding carboxylic acids is 1. The molecular formula is C17H18N6OS. The zero-order valence-corrected chi connectivity index (χ0v) is 14.7. The van der Waals surface area contributed by atoms with Crippen molar-refractivity contribution in [3.63, 3.8) is 0 Å². The lowest BCUT2D eigenvalue weighted by atomic mass is 10.2. The number of carbonyl (C=O) groups is 1. The van der Waals surface area contributed by atoms with Crippen LogP contribution in [0.25, 0.3) is 5.69 Å². The summed E-state index contributed by atoms with van der Waals surface area (Å²) in [6, 6.07) is 7.28. The van der Waals surface area contributed by atoms with Crippen molar-refractivity contribution in [3.8, 4) is 5.69 Å². The number of likely N-dealkylation sites (N-methyl/N-ethyl adjacent to an activating group) is 1.